The molecule has 0 radical (unpaired) electrons. The molecule has 1 saturated heterocycles. The van der Waals surface area contributed by atoms with Gasteiger partial charge in [-0.25, -0.2) is 9.97 Å². The van der Waals surface area contributed by atoms with E-state index in [-0.39, 0.29) is 12.0 Å². The summed E-state index contributed by atoms with van der Waals surface area (Å²) in [5.41, 5.74) is 2.31. The lowest BCUT2D eigenvalue weighted by molar-refractivity contribution is -0.136. The molecule has 5 rings (SSSR count). The van der Waals surface area contributed by atoms with Gasteiger partial charge in [0.05, 0.1) is 22.8 Å². The number of hydrogen-bond donors (Lipinski definition) is 2. The Bertz CT molecular complexity index is 1390. The molecule has 10 heteroatoms. The zero-order valence-electron chi connectivity index (χ0n) is 20.0. The summed E-state index contributed by atoms with van der Waals surface area (Å²) in [6.45, 7) is 0.908. The summed E-state index contributed by atoms with van der Waals surface area (Å²) in [4.78, 5) is 26.6. The van der Waals surface area contributed by atoms with Crippen LogP contribution < -0.4 is 14.8 Å². The van der Waals surface area contributed by atoms with Crippen molar-refractivity contribution in [2.75, 3.05) is 25.0 Å². The van der Waals surface area contributed by atoms with Crippen molar-refractivity contribution in [3.63, 3.8) is 0 Å². The lowest BCUT2D eigenvalue weighted by atomic mass is 10.1. The SMILES string of the molecule is O=C(CO)N1CCCC(Oc2ccc3ncnc(Nc4ccc(OCc5ccccn5)c(Cl)c4)c3c2)C1. The standard InChI is InChI=1S/C27H26ClN5O4/c28-23-12-18(6-9-25(23)36-16-19-4-1-2-10-29-19)32-27-22-13-20(7-8-24(22)30-17-31-27)37-21-5-3-11-33(14-21)26(35)15-34/h1-2,4,6-10,12-13,17,21,34H,3,5,11,14-16H2,(H,30,31,32). The molecule has 1 amide bonds. The van der Waals surface area contributed by atoms with E-state index in [1.807, 2.05) is 42.5 Å². The Kier molecular flexibility index (Phi) is 7.62. The average molecular weight is 520 g/mol. The highest BCUT2D eigenvalue weighted by Gasteiger charge is 2.24. The number of aliphatic hydroxyl groups excluding tert-OH is 1. The van der Waals surface area contributed by atoms with Crippen molar-refractivity contribution in [1.29, 1.82) is 0 Å². The minimum Gasteiger partial charge on any atom is -0.489 e. The van der Waals surface area contributed by atoms with Gasteiger partial charge in [0.2, 0.25) is 5.91 Å². The summed E-state index contributed by atoms with van der Waals surface area (Å²) in [5.74, 6) is 1.54. The van der Waals surface area contributed by atoms with E-state index >= 15 is 0 Å². The fourth-order valence-corrected chi connectivity index (χ4v) is 4.46. The zero-order valence-corrected chi connectivity index (χ0v) is 20.8. The lowest BCUT2D eigenvalue weighted by Crippen LogP contribution is -2.45. The number of nitrogens with one attached hydrogen (secondary N) is 1. The van der Waals surface area contributed by atoms with Crippen LogP contribution in [0.2, 0.25) is 5.02 Å². The zero-order chi connectivity index (χ0) is 25.6. The van der Waals surface area contributed by atoms with Crippen molar-refractivity contribution in [1.82, 2.24) is 19.9 Å². The first-order valence-corrected chi connectivity index (χ1v) is 12.4. The fourth-order valence-electron chi connectivity index (χ4n) is 4.23. The summed E-state index contributed by atoms with van der Waals surface area (Å²) in [5, 5.41) is 13.7. The fraction of sp³-hybridized carbons (Fsp3) is 0.259. The van der Waals surface area contributed by atoms with Crippen LogP contribution in [-0.2, 0) is 11.4 Å². The molecule has 37 heavy (non-hydrogen) atoms. The number of likely N-dealkylation sites (tertiary alicyclic amines) is 1. The number of carbonyl (C=O) groups is 1. The van der Waals surface area contributed by atoms with E-state index in [9.17, 15) is 4.79 Å². The van der Waals surface area contributed by atoms with E-state index in [0.29, 0.717) is 42.0 Å². The maximum Gasteiger partial charge on any atom is 0.248 e. The normalized spacial score (nSPS) is 15.4. The number of amides is 1. The summed E-state index contributed by atoms with van der Waals surface area (Å²) in [6, 6.07) is 16.7. The number of rotatable bonds is 8. The van der Waals surface area contributed by atoms with Crippen molar-refractivity contribution in [2.45, 2.75) is 25.6 Å². The number of ether oxygens (including phenoxy) is 2. The van der Waals surface area contributed by atoms with E-state index in [2.05, 4.69) is 20.3 Å². The molecule has 190 valence electrons. The topological polar surface area (TPSA) is 110 Å². The van der Waals surface area contributed by atoms with Gasteiger partial charge in [-0.3, -0.25) is 9.78 Å². The van der Waals surface area contributed by atoms with E-state index in [1.54, 1.807) is 23.2 Å². The van der Waals surface area contributed by atoms with Crippen molar-refractivity contribution in [3.05, 3.63) is 77.8 Å². The number of aliphatic hydroxyl groups is 1. The maximum atomic E-state index is 11.9. The minimum atomic E-state index is -0.490. The van der Waals surface area contributed by atoms with Crippen molar-refractivity contribution < 1.29 is 19.4 Å². The second-order valence-electron chi connectivity index (χ2n) is 8.66. The third-order valence-corrected chi connectivity index (χ3v) is 6.37. The van der Waals surface area contributed by atoms with Crippen molar-refractivity contribution >= 4 is 39.9 Å². The number of fused-ring (bicyclic) bond motifs is 1. The van der Waals surface area contributed by atoms with Crippen LogP contribution in [0.1, 0.15) is 18.5 Å². The van der Waals surface area contributed by atoms with E-state index in [0.717, 1.165) is 35.1 Å². The molecule has 1 atom stereocenters. The monoisotopic (exact) mass is 519 g/mol. The molecule has 2 aromatic carbocycles. The van der Waals surface area contributed by atoms with Gasteiger partial charge in [-0.1, -0.05) is 17.7 Å². The Morgan fingerprint density at radius 2 is 2.05 bits per heavy atom. The number of carbonyl (C=O) groups excluding carboxylic acids is 1. The number of piperidine rings is 1. The predicted molar refractivity (Wildman–Crippen MR) is 140 cm³/mol. The van der Waals surface area contributed by atoms with Crippen LogP contribution in [0.5, 0.6) is 11.5 Å². The molecule has 1 unspecified atom stereocenters. The van der Waals surface area contributed by atoms with Gasteiger partial charge in [0, 0.05) is 23.8 Å². The number of aromatic nitrogens is 3. The molecule has 2 N–H and O–H groups in total. The Morgan fingerprint density at radius 1 is 1.14 bits per heavy atom. The maximum absolute atomic E-state index is 11.9. The molecule has 3 heterocycles. The van der Waals surface area contributed by atoms with Gasteiger partial charge in [0.15, 0.2) is 0 Å². The smallest absolute Gasteiger partial charge is 0.248 e. The molecule has 0 aliphatic carbocycles. The molecule has 0 saturated carbocycles. The van der Waals surface area contributed by atoms with Crippen LogP contribution in [-0.4, -0.2) is 56.7 Å². The van der Waals surface area contributed by atoms with Gasteiger partial charge in [0.1, 0.15) is 43.0 Å². The minimum absolute atomic E-state index is 0.153. The van der Waals surface area contributed by atoms with Crippen LogP contribution >= 0.6 is 11.6 Å². The highest BCUT2D eigenvalue weighted by Crippen LogP contribution is 2.32. The number of anilines is 2. The number of pyridine rings is 1. The molecule has 0 spiro atoms. The molecule has 4 aromatic rings. The Hall–Kier alpha value is -3.95. The summed E-state index contributed by atoms with van der Waals surface area (Å²) in [7, 11) is 0. The second kappa shape index (κ2) is 11.4. The molecular formula is C27H26ClN5O4. The first-order valence-electron chi connectivity index (χ1n) is 12.0. The predicted octanol–water partition coefficient (Wildman–Crippen LogP) is 4.36. The van der Waals surface area contributed by atoms with E-state index in [4.69, 9.17) is 26.2 Å². The van der Waals surface area contributed by atoms with Gasteiger partial charge in [0.25, 0.3) is 0 Å². The largest absolute Gasteiger partial charge is 0.489 e. The second-order valence-corrected chi connectivity index (χ2v) is 9.07. The highest BCUT2D eigenvalue weighted by atomic mass is 35.5. The Morgan fingerprint density at radius 3 is 2.86 bits per heavy atom. The number of nitrogens with zero attached hydrogens (tertiary/aromatic N) is 4. The first-order chi connectivity index (χ1) is 18.1. The van der Waals surface area contributed by atoms with Crippen LogP contribution in [0.15, 0.2) is 67.1 Å². The van der Waals surface area contributed by atoms with Gasteiger partial charge in [-0.2, -0.15) is 0 Å². The summed E-state index contributed by atoms with van der Waals surface area (Å²) in [6.07, 6.45) is 4.72. The first kappa shape index (κ1) is 24.7. The third kappa shape index (κ3) is 6.07. The van der Waals surface area contributed by atoms with Gasteiger partial charge in [-0.15, -0.1) is 0 Å². The summed E-state index contributed by atoms with van der Waals surface area (Å²) < 4.78 is 12.0. The van der Waals surface area contributed by atoms with Crippen LogP contribution in [0.25, 0.3) is 10.9 Å². The number of halogens is 1. The third-order valence-electron chi connectivity index (χ3n) is 6.07. The van der Waals surface area contributed by atoms with Crippen LogP contribution in [0.3, 0.4) is 0 Å². The molecule has 0 bridgehead atoms. The quantitative estimate of drug-likeness (QED) is 0.353. The number of benzene rings is 2. The summed E-state index contributed by atoms with van der Waals surface area (Å²) >= 11 is 6.48. The Balaban J connectivity index is 1.30. The Labute approximate surface area is 219 Å². The highest BCUT2D eigenvalue weighted by molar-refractivity contribution is 6.32. The van der Waals surface area contributed by atoms with Crippen molar-refractivity contribution in [3.8, 4) is 11.5 Å². The number of hydrogen-bond acceptors (Lipinski definition) is 8. The molecular weight excluding hydrogens is 494 g/mol. The van der Waals surface area contributed by atoms with Crippen LogP contribution in [0, 0.1) is 0 Å². The van der Waals surface area contributed by atoms with Gasteiger partial charge < -0.3 is 24.8 Å². The molecule has 1 aliphatic rings. The van der Waals surface area contributed by atoms with Crippen LogP contribution in [0.4, 0.5) is 11.5 Å². The average Bonchev–Trinajstić information content (AvgIpc) is 2.93. The van der Waals surface area contributed by atoms with E-state index < -0.39 is 6.61 Å². The van der Waals surface area contributed by atoms with Gasteiger partial charge in [-0.05, 0) is 61.4 Å². The van der Waals surface area contributed by atoms with E-state index in [1.165, 1.54) is 6.33 Å². The molecule has 1 aliphatic heterocycles. The van der Waals surface area contributed by atoms with Gasteiger partial charge >= 0.3 is 0 Å². The van der Waals surface area contributed by atoms with Crippen molar-refractivity contribution in [2.24, 2.45) is 0 Å². The molecule has 9 nitrogen and oxygen atoms in total. The lowest BCUT2D eigenvalue weighted by Gasteiger charge is -2.32. The molecule has 2 aromatic heterocycles. The molecule has 1 fully saturated rings.